The Morgan fingerprint density at radius 1 is 1.30 bits per heavy atom. The Hall–Kier alpha value is -1.29. The van der Waals surface area contributed by atoms with Gasteiger partial charge in [-0.2, -0.15) is 0 Å². The number of benzene rings is 1. The predicted molar refractivity (Wildman–Crippen MR) is 84.9 cm³/mol. The smallest absolute Gasteiger partial charge is 0.117 e. The zero-order chi connectivity index (χ0) is 14.3. The van der Waals surface area contributed by atoms with Gasteiger partial charge in [0.1, 0.15) is 6.17 Å². The van der Waals surface area contributed by atoms with E-state index >= 15 is 0 Å². The van der Waals surface area contributed by atoms with Crippen molar-refractivity contribution in [3.8, 4) is 0 Å². The summed E-state index contributed by atoms with van der Waals surface area (Å²) in [6, 6.07) is 5.58. The zero-order valence-corrected chi connectivity index (χ0v) is 12.6. The molecule has 0 spiro atoms. The highest BCUT2D eigenvalue weighted by Crippen LogP contribution is 2.39. The van der Waals surface area contributed by atoms with Crippen molar-refractivity contribution in [3.05, 3.63) is 51.8 Å². The van der Waals surface area contributed by atoms with Crippen LogP contribution in [0.1, 0.15) is 12.0 Å². The lowest BCUT2D eigenvalue weighted by molar-refractivity contribution is 0.478. The molecular formula is C15H15Cl2N3. The monoisotopic (exact) mass is 307 g/mol. The highest BCUT2D eigenvalue weighted by atomic mass is 35.5. The highest BCUT2D eigenvalue weighted by Gasteiger charge is 2.27. The first kappa shape index (κ1) is 13.7. The van der Waals surface area contributed by atoms with Gasteiger partial charge in [0.15, 0.2) is 0 Å². The van der Waals surface area contributed by atoms with E-state index in [9.17, 15) is 0 Å². The van der Waals surface area contributed by atoms with Crippen molar-refractivity contribution in [2.45, 2.75) is 12.6 Å². The largest absolute Gasteiger partial charge is 0.354 e. The second kappa shape index (κ2) is 5.24. The summed E-state index contributed by atoms with van der Waals surface area (Å²) >= 11 is 12.6. The lowest BCUT2D eigenvalue weighted by Gasteiger charge is -2.34. The van der Waals surface area contributed by atoms with Crippen LogP contribution in [0.25, 0.3) is 5.57 Å². The van der Waals surface area contributed by atoms with Crippen LogP contribution in [0.5, 0.6) is 0 Å². The molecule has 3 rings (SSSR count). The zero-order valence-electron chi connectivity index (χ0n) is 11.1. The van der Waals surface area contributed by atoms with Crippen molar-refractivity contribution in [1.29, 1.82) is 0 Å². The summed E-state index contributed by atoms with van der Waals surface area (Å²) < 4.78 is 0. The first-order valence-corrected chi connectivity index (χ1v) is 7.20. The number of rotatable bonds is 1. The number of allylic oxidation sites excluding steroid dienone is 2. The Labute approximate surface area is 128 Å². The molecule has 0 bridgehead atoms. The van der Waals surface area contributed by atoms with Crippen molar-refractivity contribution in [1.82, 2.24) is 4.90 Å². The van der Waals surface area contributed by atoms with E-state index < -0.39 is 0 Å². The van der Waals surface area contributed by atoms with Gasteiger partial charge in [-0.3, -0.25) is 4.99 Å². The van der Waals surface area contributed by atoms with E-state index in [0.717, 1.165) is 17.6 Å². The average molecular weight is 308 g/mol. The van der Waals surface area contributed by atoms with Crippen LogP contribution >= 0.6 is 23.2 Å². The summed E-state index contributed by atoms with van der Waals surface area (Å²) in [6.45, 7) is 0. The highest BCUT2D eigenvalue weighted by molar-refractivity contribution is 6.37. The van der Waals surface area contributed by atoms with Crippen LogP contribution in [0.4, 0.5) is 0 Å². The molecule has 0 saturated heterocycles. The summed E-state index contributed by atoms with van der Waals surface area (Å²) in [5, 5.41) is 1.35. The first-order chi connectivity index (χ1) is 9.56. The standard InChI is InChI=1S/C15H15Cl2N3/c1-20-8-10(15-11(16)3-2-4-12(15)17)5-9-7-19-14(18)6-13(9)20/h2-4,6-9,14H,5,18H2,1H3. The van der Waals surface area contributed by atoms with E-state index in [1.54, 1.807) is 0 Å². The molecule has 1 aromatic carbocycles. The molecule has 3 nitrogen and oxygen atoms in total. The number of hydrogen-bond donors (Lipinski definition) is 1. The maximum atomic E-state index is 6.30. The molecule has 5 heteroatoms. The van der Waals surface area contributed by atoms with Gasteiger partial charge < -0.3 is 10.6 Å². The van der Waals surface area contributed by atoms with Gasteiger partial charge in [-0.1, -0.05) is 29.3 Å². The molecule has 0 amide bonds. The quantitative estimate of drug-likeness (QED) is 0.862. The van der Waals surface area contributed by atoms with E-state index in [1.807, 2.05) is 37.5 Å². The Morgan fingerprint density at radius 3 is 2.70 bits per heavy atom. The van der Waals surface area contributed by atoms with Crippen LogP contribution in [0.3, 0.4) is 0 Å². The maximum absolute atomic E-state index is 6.30. The van der Waals surface area contributed by atoms with Crippen LogP contribution in [0.15, 0.2) is 41.2 Å². The Morgan fingerprint density at radius 2 is 2.00 bits per heavy atom. The van der Waals surface area contributed by atoms with E-state index in [4.69, 9.17) is 28.9 Å². The van der Waals surface area contributed by atoms with Gasteiger partial charge in [0.2, 0.25) is 0 Å². The molecule has 2 heterocycles. The molecule has 0 fully saturated rings. The van der Waals surface area contributed by atoms with Gasteiger partial charge >= 0.3 is 0 Å². The molecule has 2 atom stereocenters. The van der Waals surface area contributed by atoms with Crippen LogP contribution in [0.2, 0.25) is 10.0 Å². The lowest BCUT2D eigenvalue weighted by atomic mass is 9.88. The van der Waals surface area contributed by atoms with Crippen LogP contribution in [-0.2, 0) is 0 Å². The molecule has 0 saturated carbocycles. The minimum atomic E-state index is -0.248. The van der Waals surface area contributed by atoms with Crippen molar-refractivity contribution in [3.63, 3.8) is 0 Å². The molecule has 0 aliphatic carbocycles. The number of nitrogens with two attached hydrogens (primary N) is 1. The fourth-order valence-corrected chi connectivity index (χ4v) is 3.37. The van der Waals surface area contributed by atoms with Gasteiger partial charge in [0, 0.05) is 46.7 Å². The second-order valence-electron chi connectivity index (χ2n) is 5.05. The predicted octanol–water partition coefficient (Wildman–Crippen LogP) is 3.54. The van der Waals surface area contributed by atoms with Crippen molar-refractivity contribution >= 4 is 35.0 Å². The SMILES string of the molecule is CN1C=C(c2c(Cl)cccc2Cl)CC2C=NC(N)C=C21. The number of halogens is 2. The molecular weight excluding hydrogens is 293 g/mol. The van der Waals surface area contributed by atoms with Gasteiger partial charge in [0.25, 0.3) is 0 Å². The van der Waals surface area contributed by atoms with Crippen LogP contribution in [0, 0.1) is 5.92 Å². The molecule has 2 N–H and O–H groups in total. The third-order valence-corrected chi connectivity index (χ3v) is 4.27. The number of hydrogen-bond acceptors (Lipinski definition) is 3. The van der Waals surface area contributed by atoms with Gasteiger partial charge in [-0.05, 0) is 30.2 Å². The Balaban J connectivity index is 2.03. The molecule has 1 aromatic rings. The van der Waals surface area contributed by atoms with E-state index in [-0.39, 0.29) is 12.1 Å². The molecule has 2 unspecified atom stereocenters. The minimum Gasteiger partial charge on any atom is -0.354 e. The third-order valence-electron chi connectivity index (χ3n) is 3.64. The minimum absolute atomic E-state index is 0.229. The number of aliphatic imine (C=N–C) groups is 1. The van der Waals surface area contributed by atoms with E-state index in [0.29, 0.717) is 10.0 Å². The molecule has 104 valence electrons. The first-order valence-electron chi connectivity index (χ1n) is 6.45. The Kier molecular flexibility index (Phi) is 3.59. The summed E-state index contributed by atoms with van der Waals surface area (Å²) in [6.07, 6.45) is 6.57. The molecule has 0 aromatic heterocycles. The van der Waals surface area contributed by atoms with Gasteiger partial charge in [-0.15, -0.1) is 0 Å². The molecule has 2 aliphatic heterocycles. The normalized spacial score (nSPS) is 25.1. The number of fused-ring (bicyclic) bond motifs is 1. The van der Waals surface area contributed by atoms with Crippen molar-refractivity contribution in [2.24, 2.45) is 16.6 Å². The fraction of sp³-hybridized carbons (Fsp3) is 0.267. The van der Waals surface area contributed by atoms with E-state index in [1.165, 1.54) is 5.70 Å². The van der Waals surface area contributed by atoms with Crippen molar-refractivity contribution in [2.75, 3.05) is 7.05 Å². The third kappa shape index (κ3) is 2.37. The van der Waals surface area contributed by atoms with E-state index in [2.05, 4.69) is 16.1 Å². The van der Waals surface area contributed by atoms with Gasteiger partial charge in [-0.25, -0.2) is 0 Å². The topological polar surface area (TPSA) is 41.6 Å². The summed E-state index contributed by atoms with van der Waals surface area (Å²) in [5.41, 5.74) is 9.04. The van der Waals surface area contributed by atoms with Crippen molar-refractivity contribution < 1.29 is 0 Å². The number of nitrogens with zero attached hydrogens (tertiary/aromatic N) is 2. The average Bonchev–Trinajstić information content (AvgIpc) is 2.39. The summed E-state index contributed by atoms with van der Waals surface area (Å²) in [7, 11) is 2.01. The summed E-state index contributed by atoms with van der Waals surface area (Å²) in [4.78, 5) is 6.36. The second-order valence-corrected chi connectivity index (χ2v) is 5.87. The lowest BCUT2D eigenvalue weighted by Crippen LogP contribution is -2.31. The number of dihydropyridines is 1. The fourth-order valence-electron chi connectivity index (χ4n) is 2.73. The van der Waals surface area contributed by atoms with Crippen LogP contribution in [-0.4, -0.2) is 24.3 Å². The molecule has 0 radical (unpaired) electrons. The maximum Gasteiger partial charge on any atom is 0.117 e. The van der Waals surface area contributed by atoms with Crippen LogP contribution < -0.4 is 5.73 Å². The summed E-state index contributed by atoms with van der Waals surface area (Å²) in [5.74, 6) is 0.229. The molecule has 20 heavy (non-hydrogen) atoms. The molecule has 2 aliphatic rings. The Bertz CT molecular complexity index is 614. The van der Waals surface area contributed by atoms with Gasteiger partial charge in [0.05, 0.1) is 0 Å².